The maximum absolute atomic E-state index is 9.77. The van der Waals surface area contributed by atoms with Gasteiger partial charge in [-0.25, -0.2) is 0 Å². The first-order chi connectivity index (χ1) is 6.79. The summed E-state index contributed by atoms with van der Waals surface area (Å²) in [5, 5.41) is 9.77. The summed E-state index contributed by atoms with van der Waals surface area (Å²) in [6.45, 7) is 1.84. The molecule has 0 aromatic carbocycles. The van der Waals surface area contributed by atoms with Crippen LogP contribution in [-0.2, 0) is 0 Å². The molecule has 4 unspecified atom stereocenters. The van der Waals surface area contributed by atoms with E-state index in [1.165, 1.54) is 25.7 Å². The highest BCUT2D eigenvalue weighted by molar-refractivity contribution is 4.98. The average molecular weight is 192 g/mol. The highest BCUT2D eigenvalue weighted by Crippen LogP contribution is 2.49. The maximum atomic E-state index is 9.77. The highest BCUT2D eigenvalue weighted by Gasteiger charge is 2.39. The fourth-order valence-electron chi connectivity index (χ4n) is 3.32. The van der Waals surface area contributed by atoms with E-state index in [-0.39, 0.29) is 6.10 Å². The fraction of sp³-hybridized carbons (Fsp3) is 0.846. The predicted octanol–water partition coefficient (Wildman–Crippen LogP) is 2.59. The topological polar surface area (TPSA) is 20.2 Å². The second-order valence-corrected chi connectivity index (χ2v) is 4.96. The summed E-state index contributed by atoms with van der Waals surface area (Å²) in [6, 6.07) is 0. The van der Waals surface area contributed by atoms with Gasteiger partial charge < -0.3 is 5.11 Å². The minimum Gasteiger partial charge on any atom is -0.392 e. The predicted molar refractivity (Wildman–Crippen MR) is 57.6 cm³/mol. The summed E-state index contributed by atoms with van der Waals surface area (Å²) in [4.78, 5) is 0. The molecule has 0 aromatic heterocycles. The van der Waals surface area contributed by atoms with Crippen LogP contribution in [0.1, 0.15) is 45.4 Å². The van der Waals surface area contributed by atoms with Gasteiger partial charge in [0, 0.05) is 6.42 Å². The molecule has 4 atom stereocenters. The summed E-state index contributed by atoms with van der Waals surface area (Å²) >= 11 is 0. The zero-order valence-electron chi connectivity index (χ0n) is 9.00. The molecule has 0 heterocycles. The van der Waals surface area contributed by atoms with Crippen molar-refractivity contribution in [3.8, 4) is 11.8 Å². The molecule has 2 rings (SSSR count). The van der Waals surface area contributed by atoms with Crippen LogP contribution in [0.15, 0.2) is 0 Å². The second kappa shape index (κ2) is 4.36. The minimum atomic E-state index is -0.174. The number of aliphatic hydroxyl groups excluding tert-OH is 1. The molecule has 0 spiro atoms. The Kier molecular flexibility index (Phi) is 3.13. The minimum absolute atomic E-state index is 0.174. The van der Waals surface area contributed by atoms with Crippen LogP contribution in [0, 0.1) is 29.6 Å². The lowest BCUT2D eigenvalue weighted by molar-refractivity contribution is 0.129. The Bertz CT molecular complexity index is 248. The lowest BCUT2D eigenvalue weighted by atomic mass is 9.84. The molecular formula is C13H20O. The molecule has 1 N–H and O–H groups in total. The van der Waals surface area contributed by atoms with Crippen molar-refractivity contribution in [2.45, 2.75) is 51.6 Å². The zero-order valence-corrected chi connectivity index (χ0v) is 9.00. The van der Waals surface area contributed by atoms with E-state index in [0.29, 0.717) is 6.42 Å². The number of aliphatic hydroxyl groups is 1. The molecule has 2 aliphatic carbocycles. The maximum Gasteiger partial charge on any atom is 0.0652 e. The van der Waals surface area contributed by atoms with Gasteiger partial charge in [-0.05, 0) is 50.4 Å². The summed E-state index contributed by atoms with van der Waals surface area (Å²) in [5.74, 6) is 8.55. The number of hydrogen-bond donors (Lipinski definition) is 1. The zero-order chi connectivity index (χ0) is 9.97. The van der Waals surface area contributed by atoms with E-state index in [1.54, 1.807) is 0 Å². The van der Waals surface area contributed by atoms with Crippen LogP contribution in [0.25, 0.3) is 0 Å². The molecule has 2 fully saturated rings. The third kappa shape index (κ3) is 2.12. The van der Waals surface area contributed by atoms with Gasteiger partial charge in [-0.1, -0.05) is 6.42 Å². The smallest absolute Gasteiger partial charge is 0.0652 e. The van der Waals surface area contributed by atoms with E-state index in [2.05, 4.69) is 11.8 Å². The van der Waals surface area contributed by atoms with Crippen molar-refractivity contribution in [3.05, 3.63) is 0 Å². The molecule has 14 heavy (non-hydrogen) atoms. The molecule has 2 bridgehead atoms. The van der Waals surface area contributed by atoms with Gasteiger partial charge in [-0.3, -0.25) is 0 Å². The Balaban J connectivity index is 1.77. The third-order valence-electron chi connectivity index (χ3n) is 3.97. The van der Waals surface area contributed by atoms with E-state index in [9.17, 15) is 5.11 Å². The molecule has 0 amide bonds. The molecule has 1 nitrogen and oxygen atoms in total. The van der Waals surface area contributed by atoms with Crippen molar-refractivity contribution in [3.63, 3.8) is 0 Å². The van der Waals surface area contributed by atoms with E-state index >= 15 is 0 Å². The molecule has 2 aliphatic rings. The summed E-state index contributed by atoms with van der Waals surface area (Å²) in [6.07, 6.45) is 7.18. The lowest BCUT2D eigenvalue weighted by Gasteiger charge is -2.23. The Hall–Kier alpha value is -0.480. The first kappa shape index (κ1) is 10.1. The normalized spacial score (nSPS) is 36.6. The summed E-state index contributed by atoms with van der Waals surface area (Å²) < 4.78 is 0. The summed E-state index contributed by atoms with van der Waals surface area (Å²) in [5.41, 5.74) is 0. The SMILES string of the molecule is CC#CCC(O)CC1CC2CCC1C2. The molecule has 1 heteroatoms. The monoisotopic (exact) mass is 192 g/mol. The van der Waals surface area contributed by atoms with Gasteiger partial charge in [0.15, 0.2) is 0 Å². The first-order valence-electron chi connectivity index (χ1n) is 5.87. The van der Waals surface area contributed by atoms with E-state index in [4.69, 9.17) is 0 Å². The van der Waals surface area contributed by atoms with Gasteiger partial charge in [0.05, 0.1) is 6.10 Å². The van der Waals surface area contributed by atoms with Gasteiger partial charge in [0.1, 0.15) is 0 Å². The van der Waals surface area contributed by atoms with Crippen LogP contribution in [-0.4, -0.2) is 11.2 Å². The van der Waals surface area contributed by atoms with Crippen LogP contribution in [0.2, 0.25) is 0 Å². The summed E-state index contributed by atoms with van der Waals surface area (Å²) in [7, 11) is 0. The molecule has 0 saturated heterocycles. The first-order valence-corrected chi connectivity index (χ1v) is 5.87. The lowest BCUT2D eigenvalue weighted by Crippen LogP contribution is -2.18. The van der Waals surface area contributed by atoms with Crippen LogP contribution in [0.5, 0.6) is 0 Å². The quantitative estimate of drug-likeness (QED) is 0.681. The Morgan fingerprint density at radius 2 is 2.21 bits per heavy atom. The third-order valence-corrected chi connectivity index (χ3v) is 3.97. The molecule has 0 aliphatic heterocycles. The number of rotatable bonds is 3. The Morgan fingerprint density at radius 1 is 1.36 bits per heavy atom. The van der Waals surface area contributed by atoms with Crippen LogP contribution in [0.4, 0.5) is 0 Å². The van der Waals surface area contributed by atoms with E-state index in [0.717, 1.165) is 24.2 Å². The van der Waals surface area contributed by atoms with Gasteiger partial charge in [0.2, 0.25) is 0 Å². The van der Waals surface area contributed by atoms with Gasteiger partial charge in [0.25, 0.3) is 0 Å². The van der Waals surface area contributed by atoms with Crippen molar-refractivity contribution < 1.29 is 5.11 Å². The molecule has 0 aromatic rings. The van der Waals surface area contributed by atoms with Gasteiger partial charge in [-0.2, -0.15) is 0 Å². The van der Waals surface area contributed by atoms with E-state index in [1.807, 2.05) is 6.92 Å². The van der Waals surface area contributed by atoms with Gasteiger partial charge >= 0.3 is 0 Å². The largest absolute Gasteiger partial charge is 0.392 e. The molecule has 0 radical (unpaired) electrons. The number of fused-ring (bicyclic) bond motifs is 2. The van der Waals surface area contributed by atoms with Crippen LogP contribution < -0.4 is 0 Å². The van der Waals surface area contributed by atoms with Crippen molar-refractivity contribution in [1.29, 1.82) is 0 Å². The van der Waals surface area contributed by atoms with Gasteiger partial charge in [-0.15, -0.1) is 11.8 Å². The Morgan fingerprint density at radius 3 is 2.79 bits per heavy atom. The van der Waals surface area contributed by atoms with Crippen LogP contribution >= 0.6 is 0 Å². The van der Waals surface area contributed by atoms with Crippen LogP contribution in [0.3, 0.4) is 0 Å². The van der Waals surface area contributed by atoms with Crippen molar-refractivity contribution in [2.24, 2.45) is 17.8 Å². The fourth-order valence-corrected chi connectivity index (χ4v) is 3.32. The van der Waals surface area contributed by atoms with Crippen molar-refractivity contribution >= 4 is 0 Å². The van der Waals surface area contributed by atoms with E-state index < -0.39 is 0 Å². The average Bonchev–Trinajstić information content (AvgIpc) is 2.76. The molecule has 78 valence electrons. The number of hydrogen-bond acceptors (Lipinski definition) is 1. The standard InChI is InChI=1S/C13H20O/c1-2-3-4-13(14)9-12-8-10-5-6-11(12)7-10/h10-14H,4-9H2,1H3. The Labute approximate surface area is 86.9 Å². The molecular weight excluding hydrogens is 172 g/mol. The second-order valence-electron chi connectivity index (χ2n) is 4.96. The van der Waals surface area contributed by atoms with Crippen molar-refractivity contribution in [2.75, 3.05) is 0 Å². The highest BCUT2D eigenvalue weighted by atomic mass is 16.3. The van der Waals surface area contributed by atoms with Crippen molar-refractivity contribution in [1.82, 2.24) is 0 Å². The molecule has 2 saturated carbocycles.